The van der Waals surface area contributed by atoms with Crippen molar-refractivity contribution in [1.29, 1.82) is 0 Å². The van der Waals surface area contributed by atoms with Crippen LogP contribution >= 0.6 is 0 Å². The van der Waals surface area contributed by atoms with Gasteiger partial charge in [0.15, 0.2) is 0 Å². The predicted molar refractivity (Wildman–Crippen MR) is 81.0 cm³/mol. The van der Waals surface area contributed by atoms with E-state index in [2.05, 4.69) is 11.8 Å². The molecule has 1 fully saturated rings. The molecule has 1 unspecified atom stereocenters. The molecule has 1 aliphatic heterocycles. The summed E-state index contributed by atoms with van der Waals surface area (Å²) in [6, 6.07) is 7.28. The van der Waals surface area contributed by atoms with Crippen LogP contribution in [0.5, 0.6) is 0 Å². The lowest BCUT2D eigenvalue weighted by atomic mass is 10.1. The van der Waals surface area contributed by atoms with Crippen molar-refractivity contribution in [2.75, 3.05) is 26.8 Å². The Labute approximate surface area is 125 Å². The number of aliphatic hydroxyl groups is 1. The molecule has 1 heterocycles. The zero-order valence-corrected chi connectivity index (χ0v) is 12.3. The fraction of sp³-hybridized carbons (Fsp3) is 0.471. The highest BCUT2D eigenvalue weighted by molar-refractivity contribution is 5.94. The van der Waals surface area contributed by atoms with Crippen LogP contribution in [0.2, 0.25) is 0 Å². The highest BCUT2D eigenvalue weighted by Gasteiger charge is 2.20. The molecule has 1 aromatic rings. The van der Waals surface area contributed by atoms with Gasteiger partial charge in [0.05, 0.1) is 12.7 Å². The lowest BCUT2D eigenvalue weighted by Gasteiger charge is -2.20. The number of rotatable bonds is 4. The maximum absolute atomic E-state index is 12.4. The van der Waals surface area contributed by atoms with Crippen molar-refractivity contribution in [2.24, 2.45) is 0 Å². The molecule has 0 bridgehead atoms. The Bertz CT molecular complexity index is 538. The number of hydrogen-bond donors (Lipinski definition) is 1. The standard InChI is InChI=1S/C17H21NO3/c1-18(13-16-9-5-11-21-16)17(20)15-8-4-7-14(12-15)6-2-3-10-19/h4,7-8,12,16,19H,3,5,9-11,13H2,1H3. The summed E-state index contributed by atoms with van der Waals surface area (Å²) < 4.78 is 5.56. The fourth-order valence-corrected chi connectivity index (χ4v) is 2.35. The summed E-state index contributed by atoms with van der Waals surface area (Å²) in [6.45, 7) is 1.47. The third-order valence-electron chi connectivity index (χ3n) is 3.43. The first-order valence-corrected chi connectivity index (χ1v) is 7.27. The van der Waals surface area contributed by atoms with Crippen molar-refractivity contribution < 1.29 is 14.6 Å². The molecule has 0 aromatic heterocycles. The molecule has 1 atom stereocenters. The molecular weight excluding hydrogens is 266 g/mol. The lowest BCUT2D eigenvalue weighted by molar-refractivity contribution is 0.0587. The molecule has 0 spiro atoms. The quantitative estimate of drug-likeness (QED) is 0.857. The summed E-state index contributed by atoms with van der Waals surface area (Å²) in [7, 11) is 1.80. The number of nitrogens with zero attached hydrogens (tertiary/aromatic N) is 1. The van der Waals surface area contributed by atoms with Crippen LogP contribution in [0.4, 0.5) is 0 Å². The molecule has 1 aromatic carbocycles. The van der Waals surface area contributed by atoms with Gasteiger partial charge in [-0.1, -0.05) is 17.9 Å². The molecule has 0 saturated carbocycles. The first kappa shape index (κ1) is 15.6. The molecule has 112 valence electrons. The molecule has 0 radical (unpaired) electrons. The average molecular weight is 287 g/mol. The van der Waals surface area contributed by atoms with Crippen LogP contribution in [0, 0.1) is 11.8 Å². The molecule has 1 aliphatic rings. The van der Waals surface area contributed by atoms with E-state index < -0.39 is 0 Å². The Hall–Kier alpha value is -1.83. The van der Waals surface area contributed by atoms with Crippen molar-refractivity contribution in [3.63, 3.8) is 0 Å². The van der Waals surface area contributed by atoms with E-state index in [4.69, 9.17) is 9.84 Å². The third-order valence-corrected chi connectivity index (χ3v) is 3.43. The summed E-state index contributed by atoms with van der Waals surface area (Å²) in [4.78, 5) is 14.1. The zero-order chi connectivity index (χ0) is 15.1. The summed E-state index contributed by atoms with van der Waals surface area (Å²) in [5.74, 6) is 5.79. The van der Waals surface area contributed by atoms with Gasteiger partial charge in [-0.05, 0) is 31.0 Å². The van der Waals surface area contributed by atoms with Crippen LogP contribution in [-0.2, 0) is 4.74 Å². The Morgan fingerprint density at radius 2 is 2.38 bits per heavy atom. The molecule has 2 rings (SSSR count). The average Bonchev–Trinajstić information content (AvgIpc) is 3.00. The van der Waals surface area contributed by atoms with Gasteiger partial charge in [-0.3, -0.25) is 4.79 Å². The molecular formula is C17H21NO3. The molecule has 4 heteroatoms. The van der Waals surface area contributed by atoms with Gasteiger partial charge in [0.2, 0.25) is 0 Å². The number of ether oxygens (including phenoxy) is 1. The molecule has 4 nitrogen and oxygen atoms in total. The van der Waals surface area contributed by atoms with E-state index in [0.29, 0.717) is 18.5 Å². The van der Waals surface area contributed by atoms with E-state index in [-0.39, 0.29) is 18.6 Å². The highest BCUT2D eigenvalue weighted by Crippen LogP contribution is 2.14. The Morgan fingerprint density at radius 3 is 3.10 bits per heavy atom. The molecule has 21 heavy (non-hydrogen) atoms. The topological polar surface area (TPSA) is 49.8 Å². The van der Waals surface area contributed by atoms with Gasteiger partial charge in [0.1, 0.15) is 0 Å². The Balaban J connectivity index is 2.01. The number of benzene rings is 1. The number of aliphatic hydroxyl groups excluding tert-OH is 1. The van der Waals surface area contributed by atoms with Crippen molar-refractivity contribution in [3.8, 4) is 11.8 Å². The zero-order valence-electron chi connectivity index (χ0n) is 12.3. The second-order valence-corrected chi connectivity index (χ2v) is 5.18. The molecule has 1 N–H and O–H groups in total. The predicted octanol–water partition coefficient (Wildman–Crippen LogP) is 1.67. The summed E-state index contributed by atoms with van der Waals surface area (Å²) in [5.41, 5.74) is 1.42. The lowest BCUT2D eigenvalue weighted by Crippen LogP contribution is -2.34. The van der Waals surface area contributed by atoms with E-state index in [1.54, 1.807) is 24.1 Å². The van der Waals surface area contributed by atoms with E-state index >= 15 is 0 Å². The van der Waals surface area contributed by atoms with Crippen LogP contribution in [0.15, 0.2) is 24.3 Å². The van der Waals surface area contributed by atoms with E-state index in [9.17, 15) is 4.79 Å². The minimum Gasteiger partial charge on any atom is -0.395 e. The van der Waals surface area contributed by atoms with Gasteiger partial charge < -0.3 is 14.7 Å². The van der Waals surface area contributed by atoms with Crippen LogP contribution in [0.3, 0.4) is 0 Å². The van der Waals surface area contributed by atoms with Crippen LogP contribution in [0.25, 0.3) is 0 Å². The van der Waals surface area contributed by atoms with Gasteiger partial charge in [0.25, 0.3) is 5.91 Å². The number of carbonyl (C=O) groups excluding carboxylic acids is 1. The number of carbonyl (C=O) groups is 1. The first-order chi connectivity index (χ1) is 10.2. The molecule has 0 aliphatic carbocycles. The summed E-state index contributed by atoms with van der Waals surface area (Å²) in [6.07, 6.45) is 2.69. The number of hydrogen-bond acceptors (Lipinski definition) is 3. The summed E-state index contributed by atoms with van der Waals surface area (Å²) in [5, 5.41) is 8.72. The first-order valence-electron chi connectivity index (χ1n) is 7.27. The van der Waals surface area contributed by atoms with Gasteiger partial charge in [0, 0.05) is 37.7 Å². The van der Waals surface area contributed by atoms with Crippen LogP contribution < -0.4 is 0 Å². The van der Waals surface area contributed by atoms with Gasteiger partial charge >= 0.3 is 0 Å². The third kappa shape index (κ3) is 4.59. The minimum absolute atomic E-state index is 0.0173. The largest absolute Gasteiger partial charge is 0.395 e. The van der Waals surface area contributed by atoms with Crippen molar-refractivity contribution in [3.05, 3.63) is 35.4 Å². The fourth-order valence-electron chi connectivity index (χ4n) is 2.35. The van der Waals surface area contributed by atoms with Crippen molar-refractivity contribution >= 4 is 5.91 Å². The number of amides is 1. The maximum atomic E-state index is 12.4. The Morgan fingerprint density at radius 1 is 1.52 bits per heavy atom. The smallest absolute Gasteiger partial charge is 0.253 e. The maximum Gasteiger partial charge on any atom is 0.253 e. The van der Waals surface area contributed by atoms with Crippen LogP contribution in [0.1, 0.15) is 35.2 Å². The van der Waals surface area contributed by atoms with Crippen molar-refractivity contribution in [2.45, 2.75) is 25.4 Å². The molecule has 1 saturated heterocycles. The Kier molecular flexibility index (Phi) is 5.79. The number of likely N-dealkylation sites (N-methyl/N-ethyl adjacent to an activating group) is 1. The van der Waals surface area contributed by atoms with E-state index in [0.717, 1.165) is 25.0 Å². The van der Waals surface area contributed by atoms with Crippen molar-refractivity contribution in [1.82, 2.24) is 4.90 Å². The highest BCUT2D eigenvalue weighted by atomic mass is 16.5. The van der Waals surface area contributed by atoms with Crippen LogP contribution in [-0.4, -0.2) is 48.8 Å². The minimum atomic E-state index is -0.0173. The van der Waals surface area contributed by atoms with E-state index in [1.807, 2.05) is 12.1 Å². The van der Waals surface area contributed by atoms with Gasteiger partial charge in [-0.15, -0.1) is 0 Å². The molecule has 1 amide bonds. The summed E-state index contributed by atoms with van der Waals surface area (Å²) >= 11 is 0. The monoisotopic (exact) mass is 287 g/mol. The van der Waals surface area contributed by atoms with E-state index in [1.165, 1.54) is 0 Å². The SMILES string of the molecule is CN(CC1CCCO1)C(=O)c1cccc(C#CCCO)c1. The normalized spacial score (nSPS) is 17.1. The van der Waals surface area contributed by atoms with Gasteiger partial charge in [-0.2, -0.15) is 0 Å². The second-order valence-electron chi connectivity index (χ2n) is 5.18. The second kappa shape index (κ2) is 7.82. The van der Waals surface area contributed by atoms with Gasteiger partial charge in [-0.25, -0.2) is 0 Å².